The number of phenolic OH excluding ortho intramolecular Hbond substituents is 3. The van der Waals surface area contributed by atoms with Crippen LogP contribution >= 0.6 is 0 Å². The minimum Gasteiger partial charge on any atom is -0.504 e. The van der Waals surface area contributed by atoms with Gasteiger partial charge in [-0.15, -0.1) is 0 Å². The second-order valence-electron chi connectivity index (χ2n) is 7.16. The SMILES string of the molecule is O=C(C=Cc1ccccc1)OCC1OC(OC(=O)c2cc(O)c(O)c(O)c2)C(O)C(O)C1O. The van der Waals surface area contributed by atoms with Crippen LogP contribution in [-0.4, -0.2) is 79.9 Å². The van der Waals surface area contributed by atoms with Gasteiger partial charge in [-0.3, -0.25) is 0 Å². The summed E-state index contributed by atoms with van der Waals surface area (Å²) < 4.78 is 15.3. The van der Waals surface area contributed by atoms with E-state index in [1.165, 1.54) is 6.08 Å². The van der Waals surface area contributed by atoms with E-state index in [-0.39, 0.29) is 0 Å². The molecule has 1 aliphatic rings. The first-order chi connectivity index (χ1) is 15.7. The molecule has 0 radical (unpaired) electrons. The molecule has 0 amide bonds. The van der Waals surface area contributed by atoms with Gasteiger partial charge in [0.2, 0.25) is 6.29 Å². The Kier molecular flexibility index (Phi) is 7.51. The summed E-state index contributed by atoms with van der Waals surface area (Å²) in [5, 5.41) is 58.7. The molecule has 5 unspecified atom stereocenters. The zero-order valence-corrected chi connectivity index (χ0v) is 17.0. The topological polar surface area (TPSA) is 183 Å². The van der Waals surface area contributed by atoms with Crippen LogP contribution in [-0.2, 0) is 19.0 Å². The van der Waals surface area contributed by atoms with E-state index < -0.39 is 72.1 Å². The lowest BCUT2D eigenvalue weighted by Gasteiger charge is -2.39. The highest BCUT2D eigenvalue weighted by molar-refractivity contribution is 5.91. The van der Waals surface area contributed by atoms with Crippen LogP contribution in [0.5, 0.6) is 17.2 Å². The number of hydrogen-bond donors (Lipinski definition) is 6. The normalized spacial score (nSPS) is 25.0. The fourth-order valence-electron chi connectivity index (χ4n) is 2.99. The Hall–Kier alpha value is -3.64. The third-order valence-corrected chi connectivity index (χ3v) is 4.80. The summed E-state index contributed by atoms with van der Waals surface area (Å²) >= 11 is 0. The van der Waals surface area contributed by atoms with E-state index in [4.69, 9.17) is 14.2 Å². The highest BCUT2D eigenvalue weighted by atomic mass is 16.7. The number of esters is 2. The van der Waals surface area contributed by atoms with Crippen molar-refractivity contribution in [3.63, 3.8) is 0 Å². The second kappa shape index (κ2) is 10.3. The van der Waals surface area contributed by atoms with Crippen LogP contribution in [0.4, 0.5) is 0 Å². The van der Waals surface area contributed by atoms with Gasteiger partial charge in [0.1, 0.15) is 31.0 Å². The van der Waals surface area contributed by atoms with Gasteiger partial charge in [-0.2, -0.15) is 0 Å². The zero-order chi connectivity index (χ0) is 24.1. The maximum absolute atomic E-state index is 12.3. The van der Waals surface area contributed by atoms with E-state index >= 15 is 0 Å². The van der Waals surface area contributed by atoms with Gasteiger partial charge in [0.05, 0.1) is 5.56 Å². The average Bonchev–Trinajstić information content (AvgIpc) is 2.81. The van der Waals surface area contributed by atoms with E-state index in [2.05, 4.69) is 0 Å². The Balaban J connectivity index is 1.62. The minimum atomic E-state index is -1.85. The molecule has 176 valence electrons. The number of carbonyl (C=O) groups is 2. The number of phenols is 3. The maximum Gasteiger partial charge on any atom is 0.340 e. The molecule has 0 saturated carbocycles. The quantitative estimate of drug-likeness (QED) is 0.193. The number of benzene rings is 2. The van der Waals surface area contributed by atoms with Crippen LogP contribution in [0.15, 0.2) is 48.5 Å². The third-order valence-electron chi connectivity index (χ3n) is 4.80. The predicted molar refractivity (Wildman–Crippen MR) is 110 cm³/mol. The first kappa shape index (κ1) is 24.0. The molecule has 1 aliphatic heterocycles. The largest absolute Gasteiger partial charge is 0.504 e. The van der Waals surface area contributed by atoms with Gasteiger partial charge in [0.25, 0.3) is 0 Å². The predicted octanol–water partition coefficient (Wildman–Crippen LogP) is 0.0244. The first-order valence-electron chi connectivity index (χ1n) is 9.73. The van der Waals surface area contributed by atoms with Crippen molar-refractivity contribution >= 4 is 18.0 Å². The highest BCUT2D eigenvalue weighted by Gasteiger charge is 2.46. The molecule has 0 bridgehead atoms. The summed E-state index contributed by atoms with van der Waals surface area (Å²) in [6, 6.07) is 10.5. The molecule has 33 heavy (non-hydrogen) atoms. The number of carbonyl (C=O) groups excluding carboxylic acids is 2. The molecule has 1 saturated heterocycles. The van der Waals surface area contributed by atoms with Gasteiger partial charge in [-0.25, -0.2) is 9.59 Å². The molecule has 1 fully saturated rings. The molecule has 0 aromatic heterocycles. The van der Waals surface area contributed by atoms with Crippen LogP contribution in [0, 0.1) is 0 Å². The Labute approximate surface area is 187 Å². The van der Waals surface area contributed by atoms with Crippen LogP contribution in [0.25, 0.3) is 6.08 Å². The van der Waals surface area contributed by atoms with Crippen LogP contribution in [0.1, 0.15) is 15.9 Å². The lowest BCUT2D eigenvalue weighted by molar-refractivity contribution is -0.285. The first-order valence-corrected chi connectivity index (χ1v) is 9.73. The zero-order valence-electron chi connectivity index (χ0n) is 17.0. The lowest BCUT2D eigenvalue weighted by atomic mass is 9.99. The molecule has 0 spiro atoms. The fraction of sp³-hybridized carbons (Fsp3) is 0.273. The molecule has 5 atom stereocenters. The molecule has 11 heteroatoms. The molecule has 0 aliphatic carbocycles. The molecule has 6 N–H and O–H groups in total. The Morgan fingerprint density at radius 1 is 0.939 bits per heavy atom. The van der Waals surface area contributed by atoms with Crippen LogP contribution in [0.2, 0.25) is 0 Å². The van der Waals surface area contributed by atoms with Crippen molar-refractivity contribution in [2.45, 2.75) is 30.7 Å². The van der Waals surface area contributed by atoms with E-state index in [9.17, 15) is 40.2 Å². The van der Waals surface area contributed by atoms with Gasteiger partial charge in [-0.1, -0.05) is 30.3 Å². The molecule has 1 heterocycles. The van der Waals surface area contributed by atoms with E-state index in [0.717, 1.165) is 23.8 Å². The Morgan fingerprint density at radius 3 is 2.21 bits per heavy atom. The van der Waals surface area contributed by atoms with Crippen LogP contribution in [0.3, 0.4) is 0 Å². The smallest absolute Gasteiger partial charge is 0.340 e. The molecule has 2 aromatic carbocycles. The molecular weight excluding hydrogens is 440 g/mol. The van der Waals surface area contributed by atoms with E-state index in [0.29, 0.717) is 0 Å². The van der Waals surface area contributed by atoms with Crippen molar-refractivity contribution in [1.82, 2.24) is 0 Å². The fourth-order valence-corrected chi connectivity index (χ4v) is 2.99. The van der Waals surface area contributed by atoms with Crippen molar-refractivity contribution in [1.29, 1.82) is 0 Å². The van der Waals surface area contributed by atoms with Gasteiger partial charge in [-0.05, 0) is 23.8 Å². The van der Waals surface area contributed by atoms with Crippen molar-refractivity contribution < 1.29 is 54.4 Å². The van der Waals surface area contributed by atoms with E-state index in [1.54, 1.807) is 24.3 Å². The summed E-state index contributed by atoms with van der Waals surface area (Å²) in [5.74, 6) is -4.39. The van der Waals surface area contributed by atoms with Crippen LogP contribution < -0.4 is 0 Å². The molecular formula is C22H22O11. The second-order valence-corrected chi connectivity index (χ2v) is 7.16. The molecule has 3 rings (SSSR count). The monoisotopic (exact) mass is 462 g/mol. The van der Waals surface area contributed by atoms with E-state index in [1.807, 2.05) is 6.07 Å². The number of hydrogen-bond acceptors (Lipinski definition) is 11. The standard InChI is InChI=1S/C22H22O11/c23-13-8-12(9-14(24)17(13)26)21(30)33-22-20(29)19(28)18(27)15(32-22)10-31-16(25)7-6-11-4-2-1-3-5-11/h1-9,15,18-20,22-24,26-29H,10H2. The Bertz CT molecular complexity index is 997. The van der Waals surface area contributed by atoms with Gasteiger partial charge >= 0.3 is 11.9 Å². The summed E-state index contributed by atoms with van der Waals surface area (Å²) in [7, 11) is 0. The average molecular weight is 462 g/mol. The summed E-state index contributed by atoms with van der Waals surface area (Å²) in [6.45, 7) is -0.530. The number of aromatic hydroxyl groups is 3. The minimum absolute atomic E-state index is 0.395. The maximum atomic E-state index is 12.3. The molecule has 2 aromatic rings. The number of aliphatic hydroxyl groups excluding tert-OH is 3. The molecule has 11 nitrogen and oxygen atoms in total. The van der Waals surface area contributed by atoms with Gasteiger partial charge in [0.15, 0.2) is 17.2 Å². The van der Waals surface area contributed by atoms with Crippen molar-refractivity contribution in [3.05, 3.63) is 59.7 Å². The number of ether oxygens (including phenoxy) is 3. The van der Waals surface area contributed by atoms with Crippen molar-refractivity contribution in [2.75, 3.05) is 6.61 Å². The summed E-state index contributed by atoms with van der Waals surface area (Å²) in [6.07, 6.45) is -5.80. The highest BCUT2D eigenvalue weighted by Crippen LogP contribution is 2.36. The lowest BCUT2D eigenvalue weighted by Crippen LogP contribution is -2.59. The van der Waals surface area contributed by atoms with Crippen molar-refractivity contribution in [2.24, 2.45) is 0 Å². The Morgan fingerprint density at radius 2 is 1.58 bits per heavy atom. The van der Waals surface area contributed by atoms with Gasteiger partial charge in [0, 0.05) is 6.08 Å². The summed E-state index contributed by atoms with van der Waals surface area (Å²) in [5.41, 5.74) is 0.355. The van der Waals surface area contributed by atoms with Crippen molar-refractivity contribution in [3.8, 4) is 17.2 Å². The van der Waals surface area contributed by atoms with Gasteiger partial charge < -0.3 is 44.8 Å². The third kappa shape index (κ3) is 5.79. The summed E-state index contributed by atoms with van der Waals surface area (Å²) in [4.78, 5) is 24.2. The number of rotatable bonds is 6. The number of aliphatic hydroxyl groups is 3.